The number of hydrogen-bond donors (Lipinski definition) is 2. The Morgan fingerprint density at radius 2 is 1.60 bits per heavy atom. The normalized spacial score (nSPS) is 17.1. The van der Waals surface area contributed by atoms with Gasteiger partial charge in [-0.2, -0.15) is 0 Å². The van der Waals surface area contributed by atoms with Crippen LogP contribution < -0.4 is 15.5 Å². The van der Waals surface area contributed by atoms with Crippen LogP contribution in [0.4, 0.5) is 17.1 Å². The molecule has 1 aliphatic heterocycles. The molecule has 4 aromatic carbocycles. The minimum Gasteiger partial charge on any atom is -0.378 e. The molecule has 0 saturated heterocycles. The molecule has 2 atom stereocenters. The first-order valence-corrected chi connectivity index (χ1v) is 12.0. The van der Waals surface area contributed by atoms with Crippen LogP contribution in [0, 0.1) is 0 Å². The number of nitrogens with one attached hydrogen (secondary N) is 2. The molecule has 2 N–H and O–H groups in total. The smallest absolute Gasteiger partial charge is 0.224 e. The topological polar surface area (TPSA) is 61.4 Å². The summed E-state index contributed by atoms with van der Waals surface area (Å²) in [5.74, 6) is -0.0548. The van der Waals surface area contributed by atoms with Crippen molar-refractivity contribution in [2.45, 2.75) is 39.3 Å². The van der Waals surface area contributed by atoms with E-state index in [9.17, 15) is 9.59 Å². The number of fused-ring (bicyclic) bond motifs is 2. The molecule has 0 saturated carbocycles. The van der Waals surface area contributed by atoms with E-state index in [0.717, 1.165) is 40.2 Å². The van der Waals surface area contributed by atoms with Crippen LogP contribution in [0.3, 0.4) is 0 Å². The molecule has 5 heteroatoms. The van der Waals surface area contributed by atoms with Gasteiger partial charge in [-0.1, -0.05) is 54.6 Å². The Kier molecular flexibility index (Phi) is 6.00. The largest absolute Gasteiger partial charge is 0.378 e. The van der Waals surface area contributed by atoms with Crippen LogP contribution in [0.2, 0.25) is 0 Å². The summed E-state index contributed by atoms with van der Waals surface area (Å²) in [4.78, 5) is 26.0. The van der Waals surface area contributed by atoms with Gasteiger partial charge < -0.3 is 15.5 Å². The summed E-state index contributed by atoms with van der Waals surface area (Å²) >= 11 is 0. The highest BCUT2D eigenvalue weighted by Crippen LogP contribution is 2.42. The number of amides is 2. The third kappa shape index (κ3) is 4.50. The van der Waals surface area contributed by atoms with E-state index in [0.29, 0.717) is 0 Å². The van der Waals surface area contributed by atoms with Crippen molar-refractivity contribution < 1.29 is 9.59 Å². The lowest BCUT2D eigenvalue weighted by Gasteiger charge is -2.40. The molecule has 5 nitrogen and oxygen atoms in total. The molecule has 0 aliphatic carbocycles. The quantitative estimate of drug-likeness (QED) is 0.351. The van der Waals surface area contributed by atoms with Gasteiger partial charge in [-0.3, -0.25) is 9.59 Å². The lowest BCUT2D eigenvalue weighted by molar-refractivity contribution is -0.117. The molecule has 5 rings (SSSR count). The molecule has 1 heterocycles. The molecule has 176 valence electrons. The summed E-state index contributed by atoms with van der Waals surface area (Å²) in [7, 11) is 0. The van der Waals surface area contributed by atoms with E-state index in [-0.39, 0.29) is 23.9 Å². The fourth-order valence-corrected chi connectivity index (χ4v) is 5.18. The third-order valence-corrected chi connectivity index (χ3v) is 6.65. The van der Waals surface area contributed by atoms with Crippen LogP contribution in [-0.2, 0) is 9.59 Å². The summed E-state index contributed by atoms with van der Waals surface area (Å²) in [6, 6.07) is 28.9. The number of carbonyl (C=O) groups is 2. The zero-order valence-corrected chi connectivity index (χ0v) is 20.2. The molecule has 0 unspecified atom stereocenters. The first-order valence-electron chi connectivity index (χ1n) is 12.0. The minimum atomic E-state index is -0.0990. The Morgan fingerprint density at radius 1 is 0.857 bits per heavy atom. The summed E-state index contributed by atoms with van der Waals surface area (Å²) in [6.07, 6.45) is 0.797. The molecule has 35 heavy (non-hydrogen) atoms. The summed E-state index contributed by atoms with van der Waals surface area (Å²) < 4.78 is 0. The highest BCUT2D eigenvalue weighted by atomic mass is 16.2. The first kappa shape index (κ1) is 22.7. The summed E-state index contributed by atoms with van der Waals surface area (Å²) in [6.45, 7) is 5.24. The van der Waals surface area contributed by atoms with Crippen molar-refractivity contribution in [3.63, 3.8) is 0 Å². The number of nitrogens with zero attached hydrogens (tertiary/aromatic N) is 1. The van der Waals surface area contributed by atoms with Gasteiger partial charge in [-0.05, 0) is 65.8 Å². The number of benzene rings is 4. The number of anilines is 3. The molecule has 4 aromatic rings. The zero-order chi connectivity index (χ0) is 24.5. The van der Waals surface area contributed by atoms with Crippen LogP contribution in [0.25, 0.3) is 21.9 Å². The second-order valence-electron chi connectivity index (χ2n) is 9.23. The zero-order valence-electron chi connectivity index (χ0n) is 20.2. The maximum atomic E-state index is 12.6. The van der Waals surface area contributed by atoms with Crippen molar-refractivity contribution in [1.29, 1.82) is 0 Å². The first-order chi connectivity index (χ1) is 16.9. The van der Waals surface area contributed by atoms with Crippen molar-refractivity contribution in [3.05, 3.63) is 90.5 Å². The minimum absolute atomic E-state index is 0.0416. The van der Waals surface area contributed by atoms with Crippen LogP contribution in [-0.4, -0.2) is 17.9 Å². The van der Waals surface area contributed by atoms with Gasteiger partial charge in [0.1, 0.15) is 0 Å². The maximum absolute atomic E-state index is 12.6. The van der Waals surface area contributed by atoms with E-state index >= 15 is 0 Å². The second kappa shape index (κ2) is 9.26. The molecule has 0 spiro atoms. The summed E-state index contributed by atoms with van der Waals surface area (Å²) in [5, 5.41) is 9.02. The van der Waals surface area contributed by atoms with Crippen LogP contribution >= 0.6 is 0 Å². The van der Waals surface area contributed by atoms with Gasteiger partial charge in [0.25, 0.3) is 0 Å². The van der Waals surface area contributed by atoms with Crippen molar-refractivity contribution in [2.75, 3.05) is 15.5 Å². The lowest BCUT2D eigenvalue weighted by atomic mass is 9.88. The molecule has 0 aromatic heterocycles. The molecule has 0 radical (unpaired) electrons. The Balaban J connectivity index is 1.59. The van der Waals surface area contributed by atoms with E-state index < -0.39 is 0 Å². The Morgan fingerprint density at radius 3 is 2.40 bits per heavy atom. The third-order valence-electron chi connectivity index (χ3n) is 6.65. The van der Waals surface area contributed by atoms with Crippen LogP contribution in [0.15, 0.2) is 84.9 Å². The lowest BCUT2D eigenvalue weighted by Crippen LogP contribution is -2.43. The molecule has 2 amide bonds. The van der Waals surface area contributed by atoms with E-state index in [1.165, 1.54) is 17.7 Å². The molecule has 0 fully saturated rings. The van der Waals surface area contributed by atoms with Gasteiger partial charge in [-0.15, -0.1) is 0 Å². The van der Waals surface area contributed by atoms with E-state index in [1.54, 1.807) is 6.92 Å². The van der Waals surface area contributed by atoms with E-state index in [1.807, 2.05) is 35.2 Å². The van der Waals surface area contributed by atoms with Crippen LogP contribution in [0.5, 0.6) is 0 Å². The molecule has 1 aliphatic rings. The molecular formula is C30H29N3O2. The highest BCUT2D eigenvalue weighted by Gasteiger charge is 2.32. The van der Waals surface area contributed by atoms with Crippen molar-refractivity contribution in [1.82, 2.24) is 0 Å². The van der Waals surface area contributed by atoms with Gasteiger partial charge in [0.05, 0.1) is 6.04 Å². The fourth-order valence-electron chi connectivity index (χ4n) is 5.18. The van der Waals surface area contributed by atoms with Gasteiger partial charge >= 0.3 is 0 Å². The number of hydrogen-bond acceptors (Lipinski definition) is 3. The number of carbonyl (C=O) groups excluding carboxylic acids is 2. The standard InChI is InChI=1S/C30H29N3O2/c1-19-16-29(32-28-13-7-9-22-8-4-5-12-26(22)28)27-18-24(14-15-30(27)33(19)21(3)35)23-10-6-11-25(17-23)31-20(2)34/h4-15,17-19,29,32H,16H2,1-3H3,(H,31,34)/t19-,29+/m0/s1. The molecular weight excluding hydrogens is 434 g/mol. The van der Waals surface area contributed by atoms with Crippen LogP contribution in [0.1, 0.15) is 38.8 Å². The maximum Gasteiger partial charge on any atom is 0.224 e. The van der Waals surface area contributed by atoms with Crippen molar-refractivity contribution >= 4 is 39.6 Å². The Labute approximate surface area is 205 Å². The summed E-state index contributed by atoms with van der Waals surface area (Å²) in [5.41, 5.74) is 5.93. The second-order valence-corrected chi connectivity index (χ2v) is 9.23. The van der Waals surface area contributed by atoms with Gasteiger partial charge in [-0.25, -0.2) is 0 Å². The van der Waals surface area contributed by atoms with Gasteiger partial charge in [0, 0.05) is 42.3 Å². The Hall–Kier alpha value is -4.12. The highest BCUT2D eigenvalue weighted by molar-refractivity contribution is 5.96. The number of rotatable bonds is 4. The molecule has 0 bridgehead atoms. The Bertz CT molecular complexity index is 1420. The van der Waals surface area contributed by atoms with Gasteiger partial charge in [0.15, 0.2) is 0 Å². The average Bonchev–Trinajstić information content (AvgIpc) is 2.83. The predicted molar refractivity (Wildman–Crippen MR) is 144 cm³/mol. The monoisotopic (exact) mass is 463 g/mol. The fraction of sp³-hybridized carbons (Fsp3) is 0.200. The van der Waals surface area contributed by atoms with E-state index in [4.69, 9.17) is 0 Å². The SMILES string of the molecule is CC(=O)Nc1cccc(-c2ccc3c(c2)[C@H](Nc2cccc4ccccc24)C[C@H](C)N3C(C)=O)c1. The average molecular weight is 464 g/mol. The van der Waals surface area contributed by atoms with Gasteiger partial charge in [0.2, 0.25) is 11.8 Å². The predicted octanol–water partition coefficient (Wildman–Crippen LogP) is 6.76. The van der Waals surface area contributed by atoms with Crippen molar-refractivity contribution in [3.8, 4) is 11.1 Å². The van der Waals surface area contributed by atoms with E-state index in [2.05, 4.69) is 72.2 Å². The van der Waals surface area contributed by atoms with Crippen molar-refractivity contribution in [2.24, 2.45) is 0 Å².